The molecule has 170 valence electrons. The topological polar surface area (TPSA) is 91.8 Å². The molecule has 1 aliphatic heterocycles. The van der Waals surface area contributed by atoms with E-state index in [1.807, 2.05) is 4.90 Å². The number of nitrogens with zero attached hydrogens (tertiary/aromatic N) is 2. The maximum Gasteiger partial charge on any atom is 0.335 e. The zero-order valence-electron chi connectivity index (χ0n) is 17.7. The van der Waals surface area contributed by atoms with E-state index >= 15 is 0 Å². The van der Waals surface area contributed by atoms with Crippen LogP contribution in [0.3, 0.4) is 0 Å². The quantitative estimate of drug-likeness (QED) is 0.535. The second-order valence-corrected chi connectivity index (χ2v) is 8.19. The first-order chi connectivity index (χ1) is 15.8. The van der Waals surface area contributed by atoms with Crippen LogP contribution in [0.2, 0.25) is 5.02 Å². The van der Waals surface area contributed by atoms with Crippen molar-refractivity contribution in [3.05, 3.63) is 88.3 Å². The number of carbonyl (C=O) groups is 2. The molecule has 0 aliphatic carbocycles. The third kappa shape index (κ3) is 5.23. The van der Waals surface area contributed by atoms with E-state index in [-0.39, 0.29) is 29.4 Å². The van der Waals surface area contributed by atoms with E-state index < -0.39 is 5.97 Å². The van der Waals surface area contributed by atoms with Gasteiger partial charge in [0.25, 0.3) is 5.91 Å². The molecule has 0 bridgehead atoms. The Hall–Kier alpha value is -3.65. The number of carbonyl (C=O) groups excluding carboxylic acids is 1. The van der Waals surface area contributed by atoms with Gasteiger partial charge >= 0.3 is 5.97 Å². The van der Waals surface area contributed by atoms with Crippen LogP contribution in [0.5, 0.6) is 5.75 Å². The number of halogens is 2. The Balaban J connectivity index is 1.43. The summed E-state index contributed by atoms with van der Waals surface area (Å²) in [6, 6.07) is 13.4. The van der Waals surface area contributed by atoms with Crippen LogP contribution in [-0.4, -0.2) is 41.2 Å². The highest BCUT2D eigenvalue weighted by Crippen LogP contribution is 2.28. The van der Waals surface area contributed by atoms with Crippen LogP contribution in [-0.2, 0) is 0 Å². The molecule has 2 aromatic carbocycles. The summed E-state index contributed by atoms with van der Waals surface area (Å²) in [5.74, 6) is -0.811. The molecule has 33 heavy (non-hydrogen) atoms. The molecule has 1 aliphatic rings. The van der Waals surface area contributed by atoms with Crippen molar-refractivity contribution in [1.29, 1.82) is 0 Å². The van der Waals surface area contributed by atoms with Crippen LogP contribution in [0.25, 0.3) is 0 Å². The highest BCUT2D eigenvalue weighted by Gasteiger charge is 2.32. The third-order valence-electron chi connectivity index (χ3n) is 5.33. The molecule has 4 rings (SSSR count). The highest BCUT2D eigenvalue weighted by atomic mass is 35.5. The molecule has 1 fully saturated rings. The Bertz CT molecular complexity index is 1180. The number of hydrogen-bond acceptors (Lipinski definition) is 5. The van der Waals surface area contributed by atoms with E-state index in [2.05, 4.69) is 10.3 Å². The van der Waals surface area contributed by atoms with Gasteiger partial charge in [0, 0.05) is 12.3 Å². The van der Waals surface area contributed by atoms with Crippen molar-refractivity contribution in [2.75, 3.05) is 18.0 Å². The van der Waals surface area contributed by atoms with Crippen LogP contribution in [0, 0.1) is 5.82 Å². The lowest BCUT2D eigenvalue weighted by Gasteiger charge is -2.40. The van der Waals surface area contributed by atoms with E-state index in [9.17, 15) is 14.0 Å². The average Bonchev–Trinajstić information content (AvgIpc) is 2.76. The molecule has 1 unspecified atom stereocenters. The summed E-state index contributed by atoms with van der Waals surface area (Å²) in [4.78, 5) is 30.3. The van der Waals surface area contributed by atoms with Crippen molar-refractivity contribution in [3.63, 3.8) is 0 Å². The molecular formula is C24H21ClFN3O4. The van der Waals surface area contributed by atoms with Crippen LogP contribution in [0.1, 0.15) is 39.2 Å². The zero-order chi connectivity index (χ0) is 23.5. The first-order valence-corrected chi connectivity index (χ1v) is 10.6. The molecule has 3 aromatic rings. The largest absolute Gasteiger partial charge is 0.487 e. The summed E-state index contributed by atoms with van der Waals surface area (Å²) in [5.41, 5.74) is 1.25. The van der Waals surface area contributed by atoms with Gasteiger partial charge in [-0.1, -0.05) is 29.8 Å². The fraction of sp³-hybridized carbons (Fsp3) is 0.208. The molecule has 0 spiro atoms. The molecule has 0 saturated carbocycles. The van der Waals surface area contributed by atoms with Gasteiger partial charge in [-0.15, -0.1) is 0 Å². The number of carboxylic acid groups (broad SMARTS) is 1. The lowest BCUT2D eigenvalue weighted by Crippen LogP contribution is -2.54. The number of nitrogens with one attached hydrogen (secondary N) is 1. The predicted molar refractivity (Wildman–Crippen MR) is 122 cm³/mol. The van der Waals surface area contributed by atoms with Crippen molar-refractivity contribution in [2.24, 2.45) is 0 Å². The van der Waals surface area contributed by atoms with Gasteiger partial charge in [-0.2, -0.15) is 0 Å². The van der Waals surface area contributed by atoms with Gasteiger partial charge in [-0.3, -0.25) is 4.79 Å². The number of benzene rings is 2. The predicted octanol–water partition coefficient (Wildman–Crippen LogP) is 4.33. The number of hydrogen-bond donors (Lipinski definition) is 2. The van der Waals surface area contributed by atoms with Crippen molar-refractivity contribution >= 4 is 29.3 Å². The normalized spacial score (nSPS) is 14.3. The van der Waals surface area contributed by atoms with Crippen molar-refractivity contribution in [3.8, 4) is 5.75 Å². The first-order valence-electron chi connectivity index (χ1n) is 10.3. The number of pyridine rings is 1. The number of carboxylic acids is 1. The molecule has 0 radical (unpaired) electrons. The van der Waals surface area contributed by atoms with Crippen molar-refractivity contribution in [2.45, 2.75) is 19.1 Å². The van der Waals surface area contributed by atoms with Gasteiger partial charge < -0.3 is 20.1 Å². The second-order valence-electron chi connectivity index (χ2n) is 7.75. The molecule has 7 nitrogen and oxygen atoms in total. The number of aromatic nitrogens is 1. The van der Waals surface area contributed by atoms with Crippen LogP contribution < -0.4 is 15.0 Å². The number of amides is 1. The van der Waals surface area contributed by atoms with Gasteiger partial charge in [-0.25, -0.2) is 14.2 Å². The number of aromatic carboxylic acids is 1. The third-order valence-corrected chi connectivity index (χ3v) is 5.54. The minimum atomic E-state index is -1.01. The molecule has 2 heterocycles. The average molecular weight is 470 g/mol. The molecule has 1 atom stereocenters. The van der Waals surface area contributed by atoms with Gasteiger partial charge in [0.1, 0.15) is 23.5 Å². The molecule has 1 saturated heterocycles. The Morgan fingerprint density at radius 3 is 2.61 bits per heavy atom. The minimum absolute atomic E-state index is 0.160. The number of ether oxygens (including phenoxy) is 1. The Kier molecular flexibility index (Phi) is 6.46. The fourth-order valence-corrected chi connectivity index (χ4v) is 3.70. The van der Waals surface area contributed by atoms with E-state index in [0.717, 1.165) is 5.56 Å². The summed E-state index contributed by atoms with van der Waals surface area (Å²) in [7, 11) is 0. The first kappa shape index (κ1) is 22.5. The van der Waals surface area contributed by atoms with Gasteiger partial charge in [0.2, 0.25) is 0 Å². The van der Waals surface area contributed by atoms with Crippen molar-refractivity contribution in [1.82, 2.24) is 10.3 Å². The highest BCUT2D eigenvalue weighted by molar-refractivity contribution is 6.31. The zero-order valence-corrected chi connectivity index (χ0v) is 18.4. The summed E-state index contributed by atoms with van der Waals surface area (Å²) < 4.78 is 19.1. The van der Waals surface area contributed by atoms with Crippen LogP contribution in [0.4, 0.5) is 10.2 Å². The number of rotatable bonds is 7. The Morgan fingerprint density at radius 1 is 1.21 bits per heavy atom. The lowest BCUT2D eigenvalue weighted by molar-refractivity contribution is 0.0696. The molecular weight excluding hydrogens is 449 g/mol. The molecule has 1 aromatic heterocycles. The molecule has 2 N–H and O–H groups in total. The van der Waals surface area contributed by atoms with E-state index in [1.165, 1.54) is 30.5 Å². The maximum atomic E-state index is 13.4. The van der Waals surface area contributed by atoms with Gasteiger partial charge in [0.15, 0.2) is 0 Å². The van der Waals surface area contributed by atoms with Gasteiger partial charge in [-0.05, 0) is 42.8 Å². The second kappa shape index (κ2) is 9.46. The summed E-state index contributed by atoms with van der Waals surface area (Å²) in [6.07, 6.45) is 1.31. The van der Waals surface area contributed by atoms with Crippen molar-refractivity contribution < 1.29 is 23.8 Å². The summed E-state index contributed by atoms with van der Waals surface area (Å²) >= 11 is 6.10. The Labute approximate surface area is 194 Å². The van der Waals surface area contributed by atoms with E-state index in [1.54, 1.807) is 37.3 Å². The van der Waals surface area contributed by atoms with Gasteiger partial charge in [0.05, 0.1) is 35.3 Å². The molecule has 9 heteroatoms. The minimum Gasteiger partial charge on any atom is -0.487 e. The summed E-state index contributed by atoms with van der Waals surface area (Å²) in [6.45, 7) is 2.77. The maximum absolute atomic E-state index is 13.4. The smallest absolute Gasteiger partial charge is 0.335 e. The number of anilines is 1. The monoisotopic (exact) mass is 469 g/mol. The molecule has 1 amide bonds. The SMILES string of the molecule is CC(NC(=O)c1cc(Cl)cnc1N1CC(Oc2cccc(F)c2)C1)c1ccc(C(=O)O)cc1. The fourth-order valence-electron chi connectivity index (χ4n) is 3.54. The van der Waals surface area contributed by atoms with Crippen LogP contribution in [0.15, 0.2) is 60.8 Å². The van der Waals surface area contributed by atoms with E-state index in [0.29, 0.717) is 35.2 Å². The standard InChI is InChI=1S/C24H21ClFN3O4/c1-14(15-5-7-16(8-6-15)24(31)32)28-23(30)21-9-17(25)11-27-22(21)29-12-20(13-29)33-19-4-2-3-18(26)10-19/h2-11,14,20H,12-13H2,1H3,(H,28,30)(H,31,32). The van der Waals surface area contributed by atoms with E-state index in [4.69, 9.17) is 21.4 Å². The lowest BCUT2D eigenvalue weighted by atomic mass is 10.1. The van der Waals surface area contributed by atoms with Crippen LogP contribution >= 0.6 is 11.6 Å². The Morgan fingerprint density at radius 2 is 1.94 bits per heavy atom. The summed E-state index contributed by atoms with van der Waals surface area (Å²) in [5, 5.41) is 12.3.